The van der Waals surface area contributed by atoms with Crippen LogP contribution < -0.4 is 9.46 Å². The van der Waals surface area contributed by atoms with E-state index in [4.69, 9.17) is 4.74 Å². The molecule has 0 fully saturated rings. The summed E-state index contributed by atoms with van der Waals surface area (Å²) in [6.45, 7) is 8.05. The van der Waals surface area contributed by atoms with Crippen LogP contribution in [0, 0.1) is 13.8 Å². The van der Waals surface area contributed by atoms with Gasteiger partial charge in [0.2, 0.25) is 10.0 Å². The average Bonchev–Trinajstić information content (AvgIpc) is 3.07. The monoisotopic (exact) mass is 467 g/mol. The minimum absolute atomic E-state index is 0.0169. The highest BCUT2D eigenvalue weighted by Crippen LogP contribution is 2.45. The molecule has 2 atom stereocenters. The topological polar surface area (TPSA) is 55.4 Å². The van der Waals surface area contributed by atoms with Crippen molar-refractivity contribution in [2.45, 2.75) is 61.3 Å². The Morgan fingerprint density at radius 3 is 2.41 bits per heavy atom. The summed E-state index contributed by atoms with van der Waals surface area (Å²) in [7, 11) is -3.66. The molecule has 3 aromatic rings. The molecule has 0 radical (unpaired) electrons. The first kappa shape index (κ1) is 22.9. The lowest BCUT2D eigenvalue weighted by atomic mass is 10.1. The Morgan fingerprint density at radius 2 is 1.69 bits per heavy atom. The largest absolute Gasteiger partial charge is 0.490 e. The average molecular weight is 468 g/mol. The second-order valence-electron chi connectivity index (χ2n) is 8.54. The summed E-state index contributed by atoms with van der Waals surface area (Å²) in [4.78, 5) is 1.36. The lowest BCUT2D eigenvalue weighted by Crippen LogP contribution is -2.32. The summed E-state index contributed by atoms with van der Waals surface area (Å²) >= 11 is 1.70. The fraction of sp³-hybridized carbons (Fsp3) is 0.308. The summed E-state index contributed by atoms with van der Waals surface area (Å²) in [5.41, 5.74) is 4.38. The van der Waals surface area contributed by atoms with Crippen molar-refractivity contribution >= 4 is 21.8 Å². The maximum absolute atomic E-state index is 13.2. The number of sulfonamides is 1. The summed E-state index contributed by atoms with van der Waals surface area (Å²) in [6, 6.07) is 20.8. The van der Waals surface area contributed by atoms with Gasteiger partial charge in [0.15, 0.2) is 0 Å². The molecule has 6 heteroatoms. The number of hydrogen-bond donors (Lipinski definition) is 1. The van der Waals surface area contributed by atoms with Crippen molar-refractivity contribution in [3.05, 3.63) is 89.0 Å². The minimum atomic E-state index is -3.66. The van der Waals surface area contributed by atoms with E-state index in [0.717, 1.165) is 33.8 Å². The molecule has 0 saturated heterocycles. The van der Waals surface area contributed by atoms with E-state index in [0.29, 0.717) is 0 Å². The standard InChI is InChI=1S/C26H29NO3S2/c1-17(2)30-23-11-7-8-19(4)26(23)31-24-16-20-9-5-6-10-22(20)25(24)27-32(28,29)21-14-12-18(3)13-15-21/h5-15,17,24-25,27H,16H2,1-4H3/t24-,25-/m0/s1. The fourth-order valence-corrected chi connectivity index (χ4v) is 6.78. The molecule has 0 aliphatic heterocycles. The number of nitrogens with one attached hydrogen (secondary N) is 1. The molecular weight excluding hydrogens is 438 g/mol. The molecule has 168 valence electrons. The normalized spacial score (nSPS) is 18.0. The molecule has 3 aromatic carbocycles. The summed E-state index contributed by atoms with van der Waals surface area (Å²) in [5.74, 6) is 0.848. The lowest BCUT2D eigenvalue weighted by molar-refractivity contribution is 0.236. The third kappa shape index (κ3) is 4.87. The zero-order valence-electron chi connectivity index (χ0n) is 18.8. The predicted molar refractivity (Wildman–Crippen MR) is 131 cm³/mol. The number of fused-ring (bicyclic) bond motifs is 1. The van der Waals surface area contributed by atoms with Crippen molar-refractivity contribution in [2.75, 3.05) is 0 Å². The Bertz CT molecular complexity index is 1200. The van der Waals surface area contributed by atoms with Crippen LogP contribution in [-0.2, 0) is 16.4 Å². The Labute approximate surface area is 195 Å². The number of thioether (sulfide) groups is 1. The molecule has 0 heterocycles. The van der Waals surface area contributed by atoms with Crippen LogP contribution in [0.4, 0.5) is 0 Å². The Morgan fingerprint density at radius 1 is 0.969 bits per heavy atom. The molecule has 0 bridgehead atoms. The molecule has 0 spiro atoms. The first-order chi connectivity index (χ1) is 15.2. The van der Waals surface area contributed by atoms with Crippen LogP contribution in [0.15, 0.2) is 76.5 Å². The Kier molecular flexibility index (Phi) is 6.65. The second kappa shape index (κ2) is 9.30. The van der Waals surface area contributed by atoms with E-state index in [1.807, 2.05) is 63.2 Å². The predicted octanol–water partition coefficient (Wildman–Crippen LogP) is 5.83. The van der Waals surface area contributed by atoms with Gasteiger partial charge in [-0.05, 0) is 69.0 Å². The number of hydrogen-bond acceptors (Lipinski definition) is 4. The van der Waals surface area contributed by atoms with E-state index in [2.05, 4.69) is 23.8 Å². The van der Waals surface area contributed by atoms with Gasteiger partial charge in [0.25, 0.3) is 0 Å². The fourth-order valence-electron chi connectivity index (χ4n) is 4.03. The van der Waals surface area contributed by atoms with E-state index in [1.54, 1.807) is 23.9 Å². The van der Waals surface area contributed by atoms with Gasteiger partial charge < -0.3 is 4.74 Å². The van der Waals surface area contributed by atoms with Gasteiger partial charge in [-0.15, -0.1) is 11.8 Å². The van der Waals surface area contributed by atoms with E-state index >= 15 is 0 Å². The van der Waals surface area contributed by atoms with Crippen molar-refractivity contribution < 1.29 is 13.2 Å². The van der Waals surface area contributed by atoms with Crippen molar-refractivity contribution in [3.8, 4) is 5.75 Å². The van der Waals surface area contributed by atoms with Gasteiger partial charge in [-0.1, -0.05) is 54.1 Å². The summed E-state index contributed by atoms with van der Waals surface area (Å²) in [5, 5.41) is 0.0169. The second-order valence-corrected chi connectivity index (χ2v) is 11.5. The maximum atomic E-state index is 13.2. The van der Waals surface area contributed by atoms with Gasteiger partial charge in [-0.2, -0.15) is 0 Å². The molecule has 0 unspecified atom stereocenters. The van der Waals surface area contributed by atoms with Crippen molar-refractivity contribution in [1.29, 1.82) is 0 Å². The maximum Gasteiger partial charge on any atom is 0.241 e. The first-order valence-corrected chi connectivity index (χ1v) is 13.2. The molecule has 32 heavy (non-hydrogen) atoms. The van der Waals surface area contributed by atoms with Gasteiger partial charge in [-0.3, -0.25) is 0 Å². The molecular formula is C26H29NO3S2. The molecule has 4 rings (SSSR count). The van der Waals surface area contributed by atoms with Crippen molar-refractivity contribution in [1.82, 2.24) is 4.72 Å². The van der Waals surface area contributed by atoms with Crippen molar-refractivity contribution in [3.63, 3.8) is 0 Å². The highest BCUT2D eigenvalue weighted by atomic mass is 32.2. The van der Waals surface area contributed by atoms with Gasteiger partial charge >= 0.3 is 0 Å². The number of benzene rings is 3. The molecule has 1 aliphatic rings. The minimum Gasteiger partial charge on any atom is -0.490 e. The van der Waals surface area contributed by atoms with Crippen LogP contribution in [0.5, 0.6) is 5.75 Å². The zero-order chi connectivity index (χ0) is 22.9. The highest BCUT2D eigenvalue weighted by molar-refractivity contribution is 8.00. The SMILES string of the molecule is Cc1ccc(S(=O)(=O)N[C@H]2c3ccccc3C[C@@H]2Sc2c(C)cccc2OC(C)C)cc1. The first-order valence-electron chi connectivity index (χ1n) is 10.8. The van der Waals surface area contributed by atoms with E-state index in [1.165, 1.54) is 5.56 Å². The van der Waals surface area contributed by atoms with Crippen LogP contribution in [0.25, 0.3) is 0 Å². The van der Waals surface area contributed by atoms with Gasteiger partial charge in [0.1, 0.15) is 5.75 Å². The smallest absolute Gasteiger partial charge is 0.241 e. The van der Waals surface area contributed by atoms with Crippen molar-refractivity contribution in [2.24, 2.45) is 0 Å². The number of ether oxygens (including phenoxy) is 1. The quantitative estimate of drug-likeness (QED) is 0.475. The van der Waals surface area contributed by atoms with E-state index < -0.39 is 10.0 Å². The van der Waals surface area contributed by atoms with Crippen LogP contribution in [0.3, 0.4) is 0 Å². The zero-order valence-corrected chi connectivity index (χ0v) is 20.5. The van der Waals surface area contributed by atoms with Gasteiger partial charge in [-0.25, -0.2) is 13.1 Å². The third-order valence-corrected chi connectivity index (χ3v) is 8.56. The Hall–Kier alpha value is -2.28. The summed E-state index contributed by atoms with van der Waals surface area (Å²) < 4.78 is 35.6. The molecule has 0 aromatic heterocycles. The number of aryl methyl sites for hydroxylation is 2. The third-order valence-electron chi connectivity index (χ3n) is 5.60. The van der Waals surface area contributed by atoms with Crippen LogP contribution in [0.1, 0.15) is 42.1 Å². The lowest BCUT2D eigenvalue weighted by Gasteiger charge is -2.24. The van der Waals surface area contributed by atoms with Gasteiger partial charge in [0, 0.05) is 5.25 Å². The summed E-state index contributed by atoms with van der Waals surface area (Å²) in [6.07, 6.45) is 0.852. The van der Waals surface area contributed by atoms with E-state index in [-0.39, 0.29) is 22.3 Å². The molecule has 1 aliphatic carbocycles. The highest BCUT2D eigenvalue weighted by Gasteiger charge is 2.37. The van der Waals surface area contributed by atoms with Crippen LogP contribution in [-0.4, -0.2) is 19.8 Å². The van der Waals surface area contributed by atoms with Gasteiger partial charge in [0.05, 0.1) is 21.9 Å². The molecule has 0 amide bonds. The van der Waals surface area contributed by atoms with Crippen LogP contribution >= 0.6 is 11.8 Å². The van der Waals surface area contributed by atoms with Crippen LogP contribution in [0.2, 0.25) is 0 Å². The molecule has 1 N–H and O–H groups in total. The molecule has 4 nitrogen and oxygen atoms in total. The Balaban J connectivity index is 1.68. The molecule has 0 saturated carbocycles. The van der Waals surface area contributed by atoms with E-state index in [9.17, 15) is 8.42 Å². The number of rotatable bonds is 7.